The van der Waals surface area contributed by atoms with Crippen molar-refractivity contribution < 1.29 is 17.9 Å². The van der Waals surface area contributed by atoms with E-state index >= 15 is 0 Å². The minimum absolute atomic E-state index is 0.170. The maximum atomic E-state index is 12.4. The van der Waals surface area contributed by atoms with Crippen LogP contribution in [-0.4, -0.2) is 34.7 Å². The highest BCUT2D eigenvalue weighted by Gasteiger charge is 2.13. The molecule has 1 amide bonds. The molecule has 2 aromatic carbocycles. The van der Waals surface area contributed by atoms with Gasteiger partial charge in [-0.15, -0.1) is 0 Å². The number of carbonyl (C=O) groups excluding carboxylic acids is 1. The van der Waals surface area contributed by atoms with Crippen molar-refractivity contribution in [3.8, 4) is 5.75 Å². The van der Waals surface area contributed by atoms with Crippen molar-refractivity contribution >= 4 is 27.3 Å². The Morgan fingerprint density at radius 2 is 1.61 bits per heavy atom. The third-order valence-electron chi connectivity index (χ3n) is 3.20. The predicted molar refractivity (Wildman–Crippen MR) is 90.6 cm³/mol. The summed E-state index contributed by atoms with van der Waals surface area (Å²) in [6, 6.07) is 13.4. The van der Waals surface area contributed by atoms with E-state index in [9.17, 15) is 13.2 Å². The highest BCUT2D eigenvalue weighted by Crippen LogP contribution is 2.20. The summed E-state index contributed by atoms with van der Waals surface area (Å²) in [5.41, 5.74) is 1.64. The second-order valence-electron chi connectivity index (χ2n) is 5.01. The lowest BCUT2D eigenvalue weighted by atomic mass is 10.2. The number of rotatable bonds is 5. The molecule has 122 valence electrons. The number of ether oxygens (including phenoxy) is 1. The Kier molecular flexibility index (Phi) is 4.90. The van der Waals surface area contributed by atoms with Gasteiger partial charge in [0.1, 0.15) is 5.75 Å². The molecule has 7 heteroatoms. The zero-order valence-electron chi connectivity index (χ0n) is 13.1. The molecule has 0 aliphatic carbocycles. The molecule has 0 fully saturated rings. The van der Waals surface area contributed by atoms with Crippen molar-refractivity contribution in [2.75, 3.05) is 30.0 Å². The number of methoxy groups -OCH3 is 1. The smallest absolute Gasteiger partial charge is 0.258 e. The molecule has 0 atom stereocenters. The first-order valence-electron chi connectivity index (χ1n) is 6.80. The van der Waals surface area contributed by atoms with E-state index < -0.39 is 10.0 Å². The van der Waals surface area contributed by atoms with E-state index in [0.717, 1.165) is 6.26 Å². The van der Waals surface area contributed by atoms with E-state index in [4.69, 9.17) is 4.74 Å². The predicted octanol–water partition coefficient (Wildman–Crippen LogP) is 2.34. The summed E-state index contributed by atoms with van der Waals surface area (Å²) in [7, 11) is -0.0958. The van der Waals surface area contributed by atoms with Gasteiger partial charge in [-0.2, -0.15) is 0 Å². The average Bonchev–Trinajstić information content (AvgIpc) is 2.53. The first kappa shape index (κ1) is 16.8. The molecule has 0 unspecified atom stereocenters. The quantitative estimate of drug-likeness (QED) is 0.910. The standard InChI is InChI=1S/C16H18N2O4S/c1-18(16(19)12-4-10-15(22-2)11-5-12)14-8-6-13(7-9-14)17-23(3,20)21/h4-11,17H,1-3H3. The fourth-order valence-corrected chi connectivity index (χ4v) is 2.58. The van der Waals surface area contributed by atoms with Crippen LogP contribution in [0.4, 0.5) is 11.4 Å². The molecular formula is C16H18N2O4S. The number of nitrogens with zero attached hydrogens (tertiary/aromatic N) is 1. The van der Waals surface area contributed by atoms with Gasteiger partial charge in [-0.05, 0) is 48.5 Å². The van der Waals surface area contributed by atoms with Gasteiger partial charge >= 0.3 is 0 Å². The average molecular weight is 334 g/mol. The second kappa shape index (κ2) is 6.70. The lowest BCUT2D eigenvalue weighted by Gasteiger charge is -2.18. The summed E-state index contributed by atoms with van der Waals surface area (Å²) in [5.74, 6) is 0.511. The van der Waals surface area contributed by atoms with Gasteiger partial charge in [0.05, 0.1) is 13.4 Å². The van der Waals surface area contributed by atoms with Crippen LogP contribution in [0.25, 0.3) is 0 Å². The molecule has 0 aliphatic heterocycles. The van der Waals surface area contributed by atoms with Crippen LogP contribution in [0.5, 0.6) is 5.75 Å². The van der Waals surface area contributed by atoms with Gasteiger partial charge in [0.15, 0.2) is 0 Å². The molecule has 1 N–H and O–H groups in total. The molecule has 0 spiro atoms. The molecule has 23 heavy (non-hydrogen) atoms. The minimum Gasteiger partial charge on any atom is -0.497 e. The Morgan fingerprint density at radius 3 is 2.09 bits per heavy atom. The summed E-state index contributed by atoms with van der Waals surface area (Å²) in [4.78, 5) is 13.9. The van der Waals surface area contributed by atoms with Gasteiger partial charge in [0.2, 0.25) is 10.0 Å². The monoisotopic (exact) mass is 334 g/mol. The van der Waals surface area contributed by atoms with Crippen LogP contribution in [-0.2, 0) is 10.0 Å². The number of anilines is 2. The summed E-state index contributed by atoms with van der Waals surface area (Å²) in [6.45, 7) is 0. The Bertz CT molecular complexity index is 784. The number of carbonyl (C=O) groups is 1. The second-order valence-corrected chi connectivity index (χ2v) is 6.76. The molecule has 2 aromatic rings. The summed E-state index contributed by atoms with van der Waals surface area (Å²) < 4.78 is 29.8. The van der Waals surface area contributed by atoms with Gasteiger partial charge in [0.25, 0.3) is 5.91 Å². The number of hydrogen-bond acceptors (Lipinski definition) is 4. The van der Waals surface area contributed by atoms with E-state index in [1.807, 2.05) is 0 Å². The maximum absolute atomic E-state index is 12.4. The molecule has 0 saturated carbocycles. The summed E-state index contributed by atoms with van der Waals surface area (Å²) in [6.07, 6.45) is 1.08. The van der Waals surface area contributed by atoms with Crippen LogP contribution in [0.15, 0.2) is 48.5 Å². The van der Waals surface area contributed by atoms with Crippen LogP contribution in [0.1, 0.15) is 10.4 Å². The highest BCUT2D eigenvalue weighted by atomic mass is 32.2. The lowest BCUT2D eigenvalue weighted by Crippen LogP contribution is -2.26. The van der Waals surface area contributed by atoms with E-state index in [-0.39, 0.29) is 5.91 Å². The zero-order valence-corrected chi connectivity index (χ0v) is 13.9. The van der Waals surface area contributed by atoms with Gasteiger partial charge in [-0.1, -0.05) is 0 Å². The molecule has 6 nitrogen and oxygen atoms in total. The van der Waals surface area contributed by atoms with Crippen LogP contribution in [0, 0.1) is 0 Å². The Hall–Kier alpha value is -2.54. The first-order chi connectivity index (χ1) is 10.8. The summed E-state index contributed by atoms with van der Waals surface area (Å²) in [5, 5.41) is 0. The third-order valence-corrected chi connectivity index (χ3v) is 3.81. The van der Waals surface area contributed by atoms with E-state index in [1.54, 1.807) is 62.7 Å². The van der Waals surface area contributed by atoms with Crippen molar-refractivity contribution in [2.24, 2.45) is 0 Å². The number of benzene rings is 2. The molecule has 0 heterocycles. The van der Waals surface area contributed by atoms with Crippen molar-refractivity contribution in [2.45, 2.75) is 0 Å². The van der Waals surface area contributed by atoms with E-state index in [0.29, 0.717) is 22.7 Å². The molecule has 0 bridgehead atoms. The lowest BCUT2D eigenvalue weighted by molar-refractivity contribution is 0.0993. The van der Waals surface area contributed by atoms with Crippen LogP contribution in [0.3, 0.4) is 0 Å². The van der Waals surface area contributed by atoms with Gasteiger partial charge in [-0.3, -0.25) is 9.52 Å². The molecule has 0 aromatic heterocycles. The molecule has 0 radical (unpaired) electrons. The molecule has 0 saturated heterocycles. The number of amides is 1. The van der Waals surface area contributed by atoms with Crippen LogP contribution in [0.2, 0.25) is 0 Å². The van der Waals surface area contributed by atoms with Crippen molar-refractivity contribution in [1.29, 1.82) is 0 Å². The van der Waals surface area contributed by atoms with Crippen molar-refractivity contribution in [3.05, 3.63) is 54.1 Å². The van der Waals surface area contributed by atoms with Crippen molar-refractivity contribution in [3.63, 3.8) is 0 Å². The molecule has 2 rings (SSSR count). The normalized spacial score (nSPS) is 10.9. The third kappa shape index (κ3) is 4.46. The minimum atomic E-state index is -3.32. The largest absolute Gasteiger partial charge is 0.497 e. The van der Waals surface area contributed by atoms with E-state index in [2.05, 4.69) is 4.72 Å². The van der Waals surface area contributed by atoms with Gasteiger partial charge in [-0.25, -0.2) is 8.42 Å². The summed E-state index contributed by atoms with van der Waals surface area (Å²) >= 11 is 0. The fourth-order valence-electron chi connectivity index (χ4n) is 2.01. The van der Waals surface area contributed by atoms with Gasteiger partial charge in [0, 0.05) is 24.0 Å². The molecular weight excluding hydrogens is 316 g/mol. The van der Waals surface area contributed by atoms with Crippen LogP contribution < -0.4 is 14.4 Å². The number of sulfonamides is 1. The van der Waals surface area contributed by atoms with Crippen molar-refractivity contribution in [1.82, 2.24) is 0 Å². The number of hydrogen-bond donors (Lipinski definition) is 1. The zero-order chi connectivity index (χ0) is 17.0. The topological polar surface area (TPSA) is 75.7 Å². The highest BCUT2D eigenvalue weighted by molar-refractivity contribution is 7.92. The Labute approximate surface area is 135 Å². The fraction of sp³-hybridized carbons (Fsp3) is 0.188. The Balaban J connectivity index is 2.15. The number of nitrogens with one attached hydrogen (secondary N) is 1. The van der Waals surface area contributed by atoms with Gasteiger partial charge < -0.3 is 9.64 Å². The maximum Gasteiger partial charge on any atom is 0.258 e. The van der Waals surface area contributed by atoms with Crippen LogP contribution >= 0.6 is 0 Å². The van der Waals surface area contributed by atoms with E-state index in [1.165, 1.54) is 4.90 Å². The Morgan fingerprint density at radius 1 is 1.04 bits per heavy atom. The first-order valence-corrected chi connectivity index (χ1v) is 8.69. The molecule has 0 aliphatic rings. The SMILES string of the molecule is COc1ccc(C(=O)N(C)c2ccc(NS(C)(=O)=O)cc2)cc1.